The van der Waals surface area contributed by atoms with Gasteiger partial charge in [0.15, 0.2) is 0 Å². The van der Waals surface area contributed by atoms with Crippen LogP contribution in [0.5, 0.6) is 0 Å². The van der Waals surface area contributed by atoms with Crippen molar-refractivity contribution in [3.8, 4) is 11.8 Å². The summed E-state index contributed by atoms with van der Waals surface area (Å²) in [6.45, 7) is 0.198. The molecule has 0 radical (unpaired) electrons. The SMILES string of the molecule is CN1CC(=O)OB(CC#CC2CCCC2)OC(=O)C1. The highest BCUT2D eigenvalue weighted by atomic mass is 16.6. The number of carbonyl (C=O) groups is 2. The summed E-state index contributed by atoms with van der Waals surface area (Å²) in [5.74, 6) is 5.82. The van der Waals surface area contributed by atoms with E-state index in [9.17, 15) is 9.59 Å². The van der Waals surface area contributed by atoms with Gasteiger partial charge in [0.05, 0.1) is 19.4 Å². The molecule has 0 amide bonds. The van der Waals surface area contributed by atoms with Gasteiger partial charge in [-0.2, -0.15) is 0 Å². The lowest BCUT2D eigenvalue weighted by molar-refractivity contribution is -0.145. The average molecular weight is 263 g/mol. The van der Waals surface area contributed by atoms with Crippen LogP contribution < -0.4 is 0 Å². The number of hydrogen-bond acceptors (Lipinski definition) is 5. The van der Waals surface area contributed by atoms with Crippen LogP contribution in [0.15, 0.2) is 0 Å². The van der Waals surface area contributed by atoms with E-state index in [4.69, 9.17) is 9.31 Å². The average Bonchev–Trinajstić information content (AvgIpc) is 2.79. The first-order valence-electron chi connectivity index (χ1n) is 6.69. The Kier molecular flexibility index (Phi) is 4.86. The van der Waals surface area contributed by atoms with Crippen molar-refractivity contribution >= 4 is 19.1 Å². The van der Waals surface area contributed by atoms with Crippen molar-refractivity contribution < 1.29 is 18.9 Å². The molecule has 2 rings (SSSR count). The van der Waals surface area contributed by atoms with E-state index in [0.717, 1.165) is 12.8 Å². The monoisotopic (exact) mass is 263 g/mol. The molecule has 2 fully saturated rings. The zero-order valence-corrected chi connectivity index (χ0v) is 11.2. The fourth-order valence-corrected chi connectivity index (χ4v) is 2.33. The minimum atomic E-state index is -0.859. The second kappa shape index (κ2) is 6.62. The predicted molar refractivity (Wildman–Crippen MR) is 70.0 cm³/mol. The summed E-state index contributed by atoms with van der Waals surface area (Å²) in [5, 5.41) is 0. The third-order valence-corrected chi connectivity index (χ3v) is 3.25. The molecule has 0 N–H and O–H groups in total. The van der Waals surface area contributed by atoms with Crippen molar-refractivity contribution in [2.45, 2.75) is 32.0 Å². The molecular weight excluding hydrogens is 245 g/mol. The number of hydrogen-bond donors (Lipinski definition) is 0. The van der Waals surface area contributed by atoms with Crippen molar-refractivity contribution in [2.24, 2.45) is 5.92 Å². The van der Waals surface area contributed by atoms with Crippen LogP contribution in [0, 0.1) is 17.8 Å². The predicted octanol–water partition coefficient (Wildman–Crippen LogP) is 0.700. The van der Waals surface area contributed by atoms with E-state index in [0.29, 0.717) is 5.92 Å². The molecule has 0 aromatic rings. The van der Waals surface area contributed by atoms with Crippen LogP contribution in [0.25, 0.3) is 0 Å². The zero-order chi connectivity index (χ0) is 13.7. The molecular formula is C13H18BNO4. The second-order valence-electron chi connectivity index (χ2n) is 5.09. The second-order valence-corrected chi connectivity index (χ2v) is 5.09. The smallest absolute Gasteiger partial charge is 0.498 e. The topological polar surface area (TPSA) is 55.8 Å². The fourth-order valence-electron chi connectivity index (χ4n) is 2.33. The van der Waals surface area contributed by atoms with Crippen molar-refractivity contribution in [2.75, 3.05) is 20.1 Å². The summed E-state index contributed by atoms with van der Waals surface area (Å²) in [5.41, 5.74) is 0. The Balaban J connectivity index is 1.86. The molecule has 2 aliphatic rings. The maximum atomic E-state index is 11.5. The molecule has 1 saturated carbocycles. The van der Waals surface area contributed by atoms with E-state index in [1.54, 1.807) is 11.9 Å². The van der Waals surface area contributed by atoms with Crippen LogP contribution in [0.1, 0.15) is 25.7 Å². The van der Waals surface area contributed by atoms with Crippen LogP contribution in [0.3, 0.4) is 0 Å². The van der Waals surface area contributed by atoms with Gasteiger partial charge in [-0.25, -0.2) is 0 Å². The van der Waals surface area contributed by atoms with Gasteiger partial charge in [-0.1, -0.05) is 12.8 Å². The fraction of sp³-hybridized carbons (Fsp3) is 0.692. The molecule has 0 unspecified atom stereocenters. The van der Waals surface area contributed by atoms with Crippen LogP contribution >= 0.6 is 0 Å². The summed E-state index contributed by atoms with van der Waals surface area (Å²) in [6, 6.07) is 0. The summed E-state index contributed by atoms with van der Waals surface area (Å²) in [6.07, 6.45) is 5.01. The summed E-state index contributed by atoms with van der Waals surface area (Å²) in [4.78, 5) is 24.5. The third-order valence-electron chi connectivity index (χ3n) is 3.25. The molecule has 0 aromatic heterocycles. The van der Waals surface area contributed by atoms with Gasteiger partial charge in [0.1, 0.15) is 0 Å². The van der Waals surface area contributed by atoms with Crippen molar-refractivity contribution in [3.63, 3.8) is 0 Å². The minimum Gasteiger partial charge on any atom is -0.498 e. The highest BCUT2D eigenvalue weighted by Crippen LogP contribution is 2.23. The minimum absolute atomic E-state index is 0.0989. The highest BCUT2D eigenvalue weighted by Gasteiger charge is 2.30. The first-order valence-corrected chi connectivity index (χ1v) is 6.69. The number of nitrogens with zero attached hydrogens (tertiary/aromatic N) is 1. The van der Waals surface area contributed by atoms with Gasteiger partial charge in [-0.05, 0) is 19.9 Å². The lowest BCUT2D eigenvalue weighted by Crippen LogP contribution is -2.42. The van der Waals surface area contributed by atoms with Gasteiger partial charge >= 0.3 is 19.1 Å². The van der Waals surface area contributed by atoms with Gasteiger partial charge in [0.25, 0.3) is 0 Å². The van der Waals surface area contributed by atoms with Gasteiger partial charge in [-0.3, -0.25) is 14.5 Å². The van der Waals surface area contributed by atoms with E-state index in [-0.39, 0.29) is 31.3 Å². The molecule has 0 spiro atoms. The maximum absolute atomic E-state index is 11.5. The molecule has 0 atom stereocenters. The van der Waals surface area contributed by atoms with Gasteiger partial charge < -0.3 is 9.31 Å². The largest absolute Gasteiger partial charge is 0.611 e. The van der Waals surface area contributed by atoms with Crippen LogP contribution in [0.4, 0.5) is 0 Å². The Labute approximate surface area is 113 Å². The molecule has 5 nitrogen and oxygen atoms in total. The summed E-state index contributed by atoms with van der Waals surface area (Å²) < 4.78 is 10.1. The standard InChI is InChI=1S/C13H18BNO4/c1-15-9-12(16)18-14(19-13(17)10-15)8-4-7-11-5-2-3-6-11/h11H,2-3,5-6,8-10H2,1H3. The van der Waals surface area contributed by atoms with E-state index < -0.39 is 7.12 Å². The van der Waals surface area contributed by atoms with Gasteiger partial charge in [-0.15, -0.1) is 11.8 Å². The maximum Gasteiger partial charge on any atom is 0.611 e. The Morgan fingerprint density at radius 2 is 1.79 bits per heavy atom. The Bertz CT molecular complexity index is 389. The van der Waals surface area contributed by atoms with Crippen molar-refractivity contribution in [3.05, 3.63) is 0 Å². The van der Waals surface area contributed by atoms with E-state index in [1.807, 2.05) is 0 Å². The van der Waals surface area contributed by atoms with E-state index >= 15 is 0 Å². The van der Waals surface area contributed by atoms with Crippen molar-refractivity contribution in [1.82, 2.24) is 4.90 Å². The zero-order valence-electron chi connectivity index (χ0n) is 11.2. The first-order chi connectivity index (χ1) is 9.13. The molecule has 0 aromatic carbocycles. The molecule has 1 aliphatic carbocycles. The van der Waals surface area contributed by atoms with Crippen molar-refractivity contribution in [1.29, 1.82) is 0 Å². The van der Waals surface area contributed by atoms with E-state index in [2.05, 4.69) is 11.8 Å². The lowest BCUT2D eigenvalue weighted by atomic mass is 9.84. The van der Waals surface area contributed by atoms with Crippen LogP contribution in [-0.4, -0.2) is 44.1 Å². The Morgan fingerprint density at radius 1 is 1.21 bits per heavy atom. The molecule has 6 heteroatoms. The quantitative estimate of drug-likeness (QED) is 0.515. The third kappa shape index (κ3) is 4.60. The number of likely N-dealkylation sites (N-methyl/N-ethyl adjacent to an activating group) is 1. The lowest BCUT2D eigenvalue weighted by Gasteiger charge is -2.21. The Hall–Kier alpha value is -1.48. The summed E-state index contributed by atoms with van der Waals surface area (Å²) >= 11 is 0. The molecule has 1 aliphatic heterocycles. The van der Waals surface area contributed by atoms with Crippen LogP contribution in [-0.2, 0) is 18.9 Å². The first kappa shape index (κ1) is 13.9. The molecule has 102 valence electrons. The molecule has 0 bridgehead atoms. The van der Waals surface area contributed by atoms with E-state index in [1.165, 1.54) is 12.8 Å². The molecule has 1 saturated heterocycles. The number of carbonyl (C=O) groups excluding carboxylic acids is 2. The molecule has 1 heterocycles. The van der Waals surface area contributed by atoms with Gasteiger partial charge in [0.2, 0.25) is 0 Å². The van der Waals surface area contributed by atoms with Crippen LogP contribution in [0.2, 0.25) is 6.32 Å². The highest BCUT2D eigenvalue weighted by molar-refractivity contribution is 6.50. The number of rotatable bonds is 1. The summed E-state index contributed by atoms with van der Waals surface area (Å²) in [7, 11) is 0.811. The Morgan fingerprint density at radius 3 is 2.37 bits per heavy atom. The molecule has 19 heavy (non-hydrogen) atoms. The normalized spacial score (nSPS) is 22.1. The van der Waals surface area contributed by atoms with Gasteiger partial charge in [0, 0.05) is 5.92 Å².